The van der Waals surface area contributed by atoms with E-state index in [1.54, 1.807) is 36.4 Å². The molecule has 9 heteroatoms. The Balaban J connectivity index is 1.81. The van der Waals surface area contributed by atoms with Crippen molar-refractivity contribution in [3.63, 3.8) is 0 Å². The Morgan fingerprint density at radius 3 is 2.57 bits per heavy atom. The predicted octanol–water partition coefficient (Wildman–Crippen LogP) is 1.54. The Labute approximate surface area is 131 Å². The lowest BCUT2D eigenvalue weighted by atomic mass is 10.2. The molecule has 1 aromatic carbocycles. The first-order valence-corrected chi connectivity index (χ1v) is 7.99. The van der Waals surface area contributed by atoms with Crippen molar-refractivity contribution in [1.82, 2.24) is 19.7 Å². The number of rotatable bonds is 3. The second-order valence-electron chi connectivity index (χ2n) is 4.49. The Bertz CT molecular complexity index is 960. The number of hydrogen-bond acceptors (Lipinski definition) is 6. The summed E-state index contributed by atoms with van der Waals surface area (Å²) in [6.45, 7) is 0. The second kappa shape index (κ2) is 5.97. The number of urea groups is 1. The van der Waals surface area contributed by atoms with E-state index in [1.165, 1.54) is 18.5 Å². The van der Waals surface area contributed by atoms with Gasteiger partial charge in [0, 0.05) is 17.8 Å². The summed E-state index contributed by atoms with van der Waals surface area (Å²) < 4.78 is 26.2. The average molecular weight is 329 g/mol. The first-order chi connectivity index (χ1) is 11.0. The van der Waals surface area contributed by atoms with Crippen molar-refractivity contribution in [2.75, 3.05) is 5.32 Å². The molecule has 23 heavy (non-hydrogen) atoms. The summed E-state index contributed by atoms with van der Waals surface area (Å²) in [5, 5.41) is 2.53. The van der Waals surface area contributed by atoms with Crippen LogP contribution in [0.2, 0.25) is 0 Å². The zero-order valence-corrected chi connectivity index (χ0v) is 12.5. The molecule has 0 fully saturated rings. The summed E-state index contributed by atoms with van der Waals surface area (Å²) in [4.78, 5) is 23.4. The predicted molar refractivity (Wildman–Crippen MR) is 83.1 cm³/mol. The van der Waals surface area contributed by atoms with Gasteiger partial charge < -0.3 is 0 Å². The minimum absolute atomic E-state index is 0.222. The number of carbonyl (C=O) groups excluding carboxylic acids is 1. The third kappa shape index (κ3) is 3.40. The highest BCUT2D eigenvalue weighted by atomic mass is 32.2. The molecule has 2 aromatic heterocycles. The van der Waals surface area contributed by atoms with Crippen molar-refractivity contribution in [3.8, 4) is 0 Å². The molecule has 2 heterocycles. The SMILES string of the molecule is O=C(Nc1ccccn1)NS(=O)(=O)c1ncc2ccccc2n1. The second-order valence-corrected chi connectivity index (χ2v) is 6.06. The number of nitrogens with zero attached hydrogens (tertiary/aromatic N) is 3. The molecule has 0 bridgehead atoms. The monoisotopic (exact) mass is 329 g/mol. The molecule has 0 atom stereocenters. The van der Waals surface area contributed by atoms with Gasteiger partial charge in [-0.15, -0.1) is 0 Å². The number of sulfonamides is 1. The maximum atomic E-state index is 12.2. The molecule has 2 amide bonds. The van der Waals surface area contributed by atoms with E-state index in [-0.39, 0.29) is 5.82 Å². The van der Waals surface area contributed by atoms with Crippen LogP contribution in [0.3, 0.4) is 0 Å². The fourth-order valence-electron chi connectivity index (χ4n) is 1.83. The molecule has 3 aromatic rings. The molecule has 0 aliphatic heterocycles. The van der Waals surface area contributed by atoms with Gasteiger partial charge >= 0.3 is 16.1 Å². The van der Waals surface area contributed by atoms with Gasteiger partial charge in [0.2, 0.25) is 0 Å². The van der Waals surface area contributed by atoms with Crippen LogP contribution in [0, 0.1) is 0 Å². The largest absolute Gasteiger partial charge is 0.334 e. The molecule has 0 spiro atoms. The Morgan fingerprint density at radius 2 is 1.78 bits per heavy atom. The van der Waals surface area contributed by atoms with Crippen molar-refractivity contribution in [3.05, 3.63) is 54.9 Å². The Hall–Kier alpha value is -3.07. The highest BCUT2D eigenvalue weighted by Gasteiger charge is 2.21. The van der Waals surface area contributed by atoms with Crippen LogP contribution in [-0.4, -0.2) is 29.4 Å². The number of amides is 2. The third-order valence-corrected chi connectivity index (χ3v) is 3.97. The third-order valence-electron chi connectivity index (χ3n) is 2.84. The normalized spacial score (nSPS) is 11.1. The minimum atomic E-state index is -4.18. The molecule has 0 radical (unpaired) electrons. The molecule has 0 aliphatic rings. The molecular weight excluding hydrogens is 318 g/mol. The van der Waals surface area contributed by atoms with Gasteiger partial charge in [0.1, 0.15) is 5.82 Å². The fourth-order valence-corrected chi connectivity index (χ4v) is 2.63. The summed E-state index contributed by atoms with van der Waals surface area (Å²) in [6, 6.07) is 10.8. The van der Waals surface area contributed by atoms with Gasteiger partial charge in [-0.1, -0.05) is 24.3 Å². The van der Waals surface area contributed by atoms with Crippen LogP contribution >= 0.6 is 0 Å². The van der Waals surface area contributed by atoms with E-state index in [0.717, 1.165) is 0 Å². The smallest absolute Gasteiger partial charge is 0.292 e. The highest BCUT2D eigenvalue weighted by Crippen LogP contribution is 2.12. The van der Waals surface area contributed by atoms with Crippen LogP contribution in [0.4, 0.5) is 10.6 Å². The maximum absolute atomic E-state index is 12.2. The number of aromatic nitrogens is 3. The number of fused-ring (bicyclic) bond motifs is 1. The number of nitrogens with one attached hydrogen (secondary N) is 2. The van der Waals surface area contributed by atoms with Gasteiger partial charge in [-0.2, -0.15) is 8.42 Å². The summed E-state index contributed by atoms with van der Waals surface area (Å²) in [6.07, 6.45) is 2.85. The number of para-hydroxylation sites is 1. The lowest BCUT2D eigenvalue weighted by Gasteiger charge is -2.07. The van der Waals surface area contributed by atoms with Crippen LogP contribution in [0.25, 0.3) is 10.9 Å². The maximum Gasteiger partial charge on any atom is 0.334 e. The minimum Gasteiger partial charge on any atom is -0.292 e. The molecule has 0 unspecified atom stereocenters. The molecule has 116 valence electrons. The van der Waals surface area contributed by atoms with Crippen LogP contribution < -0.4 is 10.0 Å². The zero-order chi connectivity index (χ0) is 16.3. The van der Waals surface area contributed by atoms with Gasteiger partial charge in [0.15, 0.2) is 0 Å². The number of hydrogen-bond donors (Lipinski definition) is 2. The van der Waals surface area contributed by atoms with E-state index in [9.17, 15) is 13.2 Å². The lowest BCUT2D eigenvalue weighted by Crippen LogP contribution is -2.35. The summed E-state index contributed by atoms with van der Waals surface area (Å²) in [5.74, 6) is 0.222. The molecule has 0 saturated carbocycles. The summed E-state index contributed by atoms with van der Waals surface area (Å²) in [5.41, 5.74) is 0.466. The number of pyridine rings is 1. The van der Waals surface area contributed by atoms with E-state index < -0.39 is 21.2 Å². The van der Waals surface area contributed by atoms with Crippen molar-refractivity contribution in [2.45, 2.75) is 5.16 Å². The summed E-state index contributed by atoms with van der Waals surface area (Å²) >= 11 is 0. The van der Waals surface area contributed by atoms with Gasteiger partial charge in [0.25, 0.3) is 5.16 Å². The molecule has 0 aliphatic carbocycles. The van der Waals surface area contributed by atoms with E-state index in [1.807, 2.05) is 4.72 Å². The van der Waals surface area contributed by atoms with Gasteiger partial charge in [-0.3, -0.25) is 5.32 Å². The van der Waals surface area contributed by atoms with Crippen molar-refractivity contribution < 1.29 is 13.2 Å². The first kappa shape index (κ1) is 14.9. The molecular formula is C14H11N5O3S. The van der Waals surface area contributed by atoms with Crippen molar-refractivity contribution >= 4 is 32.8 Å². The Morgan fingerprint density at radius 1 is 1.00 bits per heavy atom. The highest BCUT2D eigenvalue weighted by molar-refractivity contribution is 7.89. The summed E-state index contributed by atoms with van der Waals surface area (Å²) in [7, 11) is -4.18. The number of anilines is 1. The molecule has 0 saturated heterocycles. The van der Waals surface area contributed by atoms with Crippen LogP contribution in [0.15, 0.2) is 60.0 Å². The zero-order valence-electron chi connectivity index (χ0n) is 11.7. The lowest BCUT2D eigenvalue weighted by molar-refractivity contribution is 0.256. The van der Waals surface area contributed by atoms with Crippen LogP contribution in [0.5, 0.6) is 0 Å². The molecule has 3 rings (SSSR count). The average Bonchev–Trinajstić information content (AvgIpc) is 2.54. The Kier molecular flexibility index (Phi) is 3.85. The van der Waals surface area contributed by atoms with E-state index >= 15 is 0 Å². The van der Waals surface area contributed by atoms with E-state index in [0.29, 0.717) is 10.9 Å². The van der Waals surface area contributed by atoms with E-state index in [2.05, 4.69) is 20.3 Å². The van der Waals surface area contributed by atoms with Crippen molar-refractivity contribution in [1.29, 1.82) is 0 Å². The number of benzene rings is 1. The van der Waals surface area contributed by atoms with Crippen LogP contribution in [-0.2, 0) is 10.0 Å². The van der Waals surface area contributed by atoms with Crippen molar-refractivity contribution in [2.24, 2.45) is 0 Å². The first-order valence-electron chi connectivity index (χ1n) is 6.51. The van der Waals surface area contributed by atoms with E-state index in [4.69, 9.17) is 0 Å². The number of carbonyl (C=O) groups is 1. The quantitative estimate of drug-likeness (QED) is 0.704. The standard InChI is InChI=1S/C14H11N5O3S/c20-13(18-12-7-3-4-8-15-12)19-23(21,22)14-16-9-10-5-1-2-6-11(10)17-14/h1-9H,(H2,15,18,19,20). The van der Waals surface area contributed by atoms with Gasteiger partial charge in [0.05, 0.1) is 5.52 Å². The van der Waals surface area contributed by atoms with Gasteiger partial charge in [-0.25, -0.2) is 24.5 Å². The fraction of sp³-hybridized carbons (Fsp3) is 0. The molecule has 2 N–H and O–H groups in total. The molecule has 8 nitrogen and oxygen atoms in total. The van der Waals surface area contributed by atoms with Gasteiger partial charge in [-0.05, 0) is 18.2 Å². The van der Waals surface area contributed by atoms with Crippen LogP contribution in [0.1, 0.15) is 0 Å². The topological polar surface area (TPSA) is 114 Å².